The number of benzene rings is 1. The Morgan fingerprint density at radius 1 is 1.34 bits per heavy atom. The molecule has 4 rings (SSSR count). The Bertz CT molecular complexity index is 994. The lowest BCUT2D eigenvalue weighted by Gasteiger charge is -2.29. The number of carbonyl (C=O) groups is 1. The van der Waals surface area contributed by atoms with Crippen LogP contribution in [0.25, 0.3) is 0 Å². The van der Waals surface area contributed by atoms with Crippen molar-refractivity contribution in [2.24, 2.45) is 0 Å². The number of nitrogens with one attached hydrogen (secondary N) is 1. The fourth-order valence-electron chi connectivity index (χ4n) is 3.43. The summed E-state index contributed by atoms with van der Waals surface area (Å²) in [5, 5.41) is 7.16. The molecule has 1 N–H and O–H groups in total. The number of carbonyl (C=O) groups excluding carboxylic acids is 1. The van der Waals surface area contributed by atoms with Gasteiger partial charge in [-0.1, -0.05) is 26.0 Å². The van der Waals surface area contributed by atoms with Crippen LogP contribution >= 0.6 is 0 Å². The number of fused-ring (bicyclic) bond motifs is 1. The molecule has 0 aliphatic carbocycles. The molecule has 152 valence electrons. The van der Waals surface area contributed by atoms with E-state index >= 15 is 0 Å². The number of amides is 1. The summed E-state index contributed by atoms with van der Waals surface area (Å²) in [4.78, 5) is 18.8. The largest absolute Gasteiger partial charge is 0.486 e. The van der Waals surface area contributed by atoms with E-state index in [1.807, 2.05) is 30.5 Å². The molecule has 1 aromatic carbocycles. The zero-order valence-electron chi connectivity index (χ0n) is 16.8. The number of ether oxygens (including phenoxy) is 2. The third kappa shape index (κ3) is 4.11. The topological polar surface area (TPSA) is 85.3 Å². The fraction of sp³-hybridized carbons (Fsp3) is 0.381. The van der Waals surface area contributed by atoms with Crippen molar-refractivity contribution in [3.63, 3.8) is 0 Å². The van der Waals surface area contributed by atoms with Crippen LogP contribution < -0.4 is 9.47 Å². The number of rotatable bonds is 6. The summed E-state index contributed by atoms with van der Waals surface area (Å²) >= 11 is 0. The lowest BCUT2D eigenvalue weighted by molar-refractivity contribution is 0.0517. The summed E-state index contributed by atoms with van der Waals surface area (Å²) in [6.07, 6.45) is 3.50. The van der Waals surface area contributed by atoms with Crippen molar-refractivity contribution in [3.8, 4) is 11.5 Å². The molecule has 3 aromatic rings. The molecule has 0 spiro atoms. The van der Waals surface area contributed by atoms with Crippen molar-refractivity contribution in [2.45, 2.75) is 32.4 Å². The number of imidazole rings is 1. The molecule has 3 heterocycles. The summed E-state index contributed by atoms with van der Waals surface area (Å²) < 4.78 is 13.7. The monoisotopic (exact) mass is 395 g/mol. The highest BCUT2D eigenvalue weighted by Crippen LogP contribution is 2.31. The molecule has 0 saturated heterocycles. The van der Waals surface area contributed by atoms with Gasteiger partial charge in [-0.15, -0.1) is 0 Å². The molecule has 0 bridgehead atoms. The van der Waals surface area contributed by atoms with Crippen molar-refractivity contribution in [1.82, 2.24) is 24.6 Å². The van der Waals surface area contributed by atoms with Gasteiger partial charge in [0.25, 0.3) is 5.91 Å². The van der Waals surface area contributed by atoms with E-state index in [0.717, 1.165) is 17.3 Å². The second-order valence-electron chi connectivity index (χ2n) is 7.53. The third-order valence-corrected chi connectivity index (χ3v) is 4.85. The molecule has 0 saturated carbocycles. The number of aromatic amines is 1. The standard InChI is InChI=1S/C21H25N5O3/c1-14(2)20-22-8-9-26(20)11-15-10-17(24-23-15)21(27)25(3)12-16-13-28-18-6-4-5-7-19(18)29-16/h4-10,14,16H,11-13H2,1-3H3,(H,23,24)/t16-/m0/s1. The van der Waals surface area contributed by atoms with Crippen LogP contribution in [-0.4, -0.2) is 56.9 Å². The van der Waals surface area contributed by atoms with E-state index in [2.05, 4.69) is 33.6 Å². The number of likely N-dealkylation sites (N-methyl/N-ethyl adjacent to an activating group) is 1. The highest BCUT2D eigenvalue weighted by Gasteiger charge is 2.25. The summed E-state index contributed by atoms with van der Waals surface area (Å²) in [5.74, 6) is 2.59. The van der Waals surface area contributed by atoms with Gasteiger partial charge in [0.15, 0.2) is 17.6 Å². The van der Waals surface area contributed by atoms with Crippen molar-refractivity contribution in [2.75, 3.05) is 20.2 Å². The van der Waals surface area contributed by atoms with Gasteiger partial charge in [-0.05, 0) is 18.2 Å². The Balaban J connectivity index is 1.38. The van der Waals surface area contributed by atoms with E-state index < -0.39 is 0 Å². The molecular weight excluding hydrogens is 370 g/mol. The summed E-state index contributed by atoms with van der Waals surface area (Å²) in [6.45, 7) is 5.61. The minimum absolute atomic E-state index is 0.162. The highest BCUT2D eigenvalue weighted by atomic mass is 16.6. The first-order valence-corrected chi connectivity index (χ1v) is 9.70. The Morgan fingerprint density at radius 2 is 2.14 bits per heavy atom. The molecule has 0 unspecified atom stereocenters. The Labute approximate surface area is 169 Å². The average Bonchev–Trinajstić information content (AvgIpc) is 3.37. The van der Waals surface area contributed by atoms with Crippen LogP contribution in [0.5, 0.6) is 11.5 Å². The Morgan fingerprint density at radius 3 is 2.93 bits per heavy atom. The van der Waals surface area contributed by atoms with E-state index in [9.17, 15) is 4.79 Å². The zero-order valence-corrected chi connectivity index (χ0v) is 16.8. The molecule has 8 heteroatoms. The second kappa shape index (κ2) is 7.98. The smallest absolute Gasteiger partial charge is 0.274 e. The lowest BCUT2D eigenvalue weighted by atomic mass is 10.2. The van der Waals surface area contributed by atoms with Crippen molar-refractivity contribution >= 4 is 5.91 Å². The number of hydrogen-bond acceptors (Lipinski definition) is 5. The summed E-state index contributed by atoms with van der Waals surface area (Å²) in [5.41, 5.74) is 1.23. The number of para-hydroxylation sites is 2. The van der Waals surface area contributed by atoms with Gasteiger partial charge in [0.05, 0.1) is 18.8 Å². The van der Waals surface area contributed by atoms with Gasteiger partial charge >= 0.3 is 0 Å². The normalized spacial score (nSPS) is 15.5. The zero-order chi connectivity index (χ0) is 20.4. The van der Waals surface area contributed by atoms with Crippen LogP contribution in [-0.2, 0) is 6.54 Å². The van der Waals surface area contributed by atoms with Gasteiger partial charge in [-0.25, -0.2) is 4.98 Å². The summed E-state index contributed by atoms with van der Waals surface area (Å²) in [7, 11) is 1.74. The van der Waals surface area contributed by atoms with E-state index in [1.165, 1.54) is 0 Å². The number of aromatic nitrogens is 4. The van der Waals surface area contributed by atoms with Gasteiger partial charge in [0.2, 0.25) is 0 Å². The molecule has 2 aromatic heterocycles. The van der Waals surface area contributed by atoms with Crippen LogP contribution in [0.3, 0.4) is 0 Å². The Kier molecular flexibility index (Phi) is 5.24. The SMILES string of the molecule is CC(C)c1nccn1Cc1cc(C(=O)N(C)C[C@H]2COc3ccccc3O2)n[nH]1. The maximum Gasteiger partial charge on any atom is 0.274 e. The first-order valence-electron chi connectivity index (χ1n) is 9.70. The highest BCUT2D eigenvalue weighted by molar-refractivity contribution is 5.92. The van der Waals surface area contributed by atoms with E-state index in [4.69, 9.17) is 9.47 Å². The fourth-order valence-corrected chi connectivity index (χ4v) is 3.43. The van der Waals surface area contributed by atoms with Crippen molar-refractivity contribution < 1.29 is 14.3 Å². The number of hydrogen-bond donors (Lipinski definition) is 1. The predicted octanol–water partition coefficient (Wildman–Crippen LogP) is 2.69. The van der Waals surface area contributed by atoms with Gasteiger partial charge in [0.1, 0.15) is 18.1 Å². The van der Waals surface area contributed by atoms with Crippen molar-refractivity contribution in [3.05, 3.63) is 59.9 Å². The molecule has 8 nitrogen and oxygen atoms in total. The lowest BCUT2D eigenvalue weighted by Crippen LogP contribution is -2.41. The molecule has 1 atom stereocenters. The van der Waals surface area contributed by atoms with Crippen LogP contribution in [0.2, 0.25) is 0 Å². The first-order chi connectivity index (χ1) is 14.0. The average molecular weight is 395 g/mol. The Hall–Kier alpha value is -3.29. The molecule has 1 amide bonds. The molecular formula is C21H25N5O3. The van der Waals surface area contributed by atoms with Gasteiger partial charge in [0, 0.05) is 25.4 Å². The maximum atomic E-state index is 12.8. The molecule has 29 heavy (non-hydrogen) atoms. The third-order valence-electron chi connectivity index (χ3n) is 4.85. The van der Waals surface area contributed by atoms with Crippen LogP contribution in [0.4, 0.5) is 0 Å². The maximum absolute atomic E-state index is 12.8. The molecule has 1 aliphatic heterocycles. The van der Waals surface area contributed by atoms with Crippen molar-refractivity contribution in [1.29, 1.82) is 0 Å². The van der Waals surface area contributed by atoms with Crippen LogP contribution in [0, 0.1) is 0 Å². The van der Waals surface area contributed by atoms with Gasteiger partial charge in [-0.2, -0.15) is 5.10 Å². The van der Waals surface area contributed by atoms with Gasteiger partial charge in [-0.3, -0.25) is 9.89 Å². The van der Waals surface area contributed by atoms with E-state index in [0.29, 0.717) is 37.1 Å². The minimum atomic E-state index is -0.225. The number of H-pyrrole nitrogens is 1. The number of nitrogens with zero attached hydrogens (tertiary/aromatic N) is 4. The molecule has 0 radical (unpaired) electrons. The minimum Gasteiger partial charge on any atom is -0.486 e. The quantitative estimate of drug-likeness (QED) is 0.694. The van der Waals surface area contributed by atoms with Crippen LogP contribution in [0.15, 0.2) is 42.7 Å². The molecule has 1 aliphatic rings. The van der Waals surface area contributed by atoms with E-state index in [-0.39, 0.29) is 12.0 Å². The predicted molar refractivity (Wildman–Crippen MR) is 107 cm³/mol. The second-order valence-corrected chi connectivity index (χ2v) is 7.53. The van der Waals surface area contributed by atoms with E-state index in [1.54, 1.807) is 24.2 Å². The summed E-state index contributed by atoms with van der Waals surface area (Å²) in [6, 6.07) is 9.33. The first kappa shape index (κ1) is 19.0. The van der Waals surface area contributed by atoms with Crippen LogP contribution in [0.1, 0.15) is 41.8 Å². The molecule has 0 fully saturated rings. The van der Waals surface area contributed by atoms with Gasteiger partial charge < -0.3 is 18.9 Å².